The Bertz CT molecular complexity index is 163. The van der Waals surface area contributed by atoms with Gasteiger partial charge in [-0.25, -0.2) is 0 Å². The highest BCUT2D eigenvalue weighted by atomic mass is 16.4. The molecule has 0 aromatic carbocycles. The predicted octanol–water partition coefficient (Wildman–Crippen LogP) is 3.42. The van der Waals surface area contributed by atoms with Crippen molar-refractivity contribution in [2.75, 3.05) is 6.54 Å². The summed E-state index contributed by atoms with van der Waals surface area (Å²) in [5.74, 6) is -0.706. The molecule has 3 heteroatoms. The van der Waals surface area contributed by atoms with Crippen LogP contribution in [0.3, 0.4) is 0 Å². The number of aliphatic carboxylic acids is 1. The number of carboxylic acid groups (broad SMARTS) is 1. The van der Waals surface area contributed by atoms with Gasteiger partial charge >= 0.3 is 5.97 Å². The highest BCUT2D eigenvalue weighted by Crippen LogP contribution is 2.38. The highest BCUT2D eigenvalue weighted by molar-refractivity contribution is 5.67. The van der Waals surface area contributed by atoms with Gasteiger partial charge in [0, 0.05) is 0 Å². The Hall–Kier alpha value is -0.570. The number of nitrogens with two attached hydrogens (primary N) is 1. The van der Waals surface area contributed by atoms with Crippen LogP contribution < -0.4 is 5.73 Å². The Morgan fingerprint density at radius 1 is 1.12 bits per heavy atom. The molecule has 0 heterocycles. The molecule has 3 N–H and O–H groups in total. The molecule has 1 saturated carbocycles. The van der Waals surface area contributed by atoms with Gasteiger partial charge in [0.25, 0.3) is 0 Å². The van der Waals surface area contributed by atoms with Gasteiger partial charge in [0.2, 0.25) is 0 Å². The Morgan fingerprint density at radius 2 is 1.56 bits per heavy atom. The van der Waals surface area contributed by atoms with Crippen molar-refractivity contribution < 1.29 is 9.90 Å². The number of carbonyl (C=O) groups is 1. The van der Waals surface area contributed by atoms with Crippen molar-refractivity contribution in [3.8, 4) is 0 Å². The van der Waals surface area contributed by atoms with Crippen LogP contribution in [0.5, 0.6) is 0 Å². The molecule has 0 atom stereocenters. The summed E-state index contributed by atoms with van der Waals surface area (Å²) < 4.78 is 0. The van der Waals surface area contributed by atoms with Crippen LogP contribution in [0, 0.1) is 5.41 Å². The monoisotopic (exact) mass is 231 g/mol. The van der Waals surface area contributed by atoms with E-state index in [1.165, 1.54) is 6.42 Å². The fraction of sp³-hybridized carbons (Fsp3) is 0.923. The molecule has 0 aromatic rings. The first-order chi connectivity index (χ1) is 7.68. The largest absolute Gasteiger partial charge is 0.481 e. The number of carboxylic acids is 1. The minimum absolute atomic E-state index is 0.0793. The molecule has 0 aliphatic heterocycles. The predicted molar refractivity (Wildman–Crippen MR) is 69.5 cm³/mol. The van der Waals surface area contributed by atoms with Gasteiger partial charge in [0.1, 0.15) is 0 Å². The van der Waals surface area contributed by atoms with Crippen molar-refractivity contribution >= 4 is 5.97 Å². The topological polar surface area (TPSA) is 63.3 Å². The van der Waals surface area contributed by atoms with E-state index in [-0.39, 0.29) is 11.8 Å². The number of hydrogen-bond acceptors (Lipinski definition) is 2. The average molecular weight is 231 g/mol. The summed E-state index contributed by atoms with van der Waals surface area (Å²) >= 11 is 0. The molecule has 0 aromatic heterocycles. The maximum absolute atomic E-state index is 10.6. The normalized spacial score (nSPS) is 17.3. The second-order valence-corrected chi connectivity index (χ2v) is 3.84. The molecule has 16 heavy (non-hydrogen) atoms. The second-order valence-electron chi connectivity index (χ2n) is 3.84. The molecule has 1 aliphatic rings. The lowest BCUT2D eigenvalue weighted by molar-refractivity contribution is -0.140. The first kappa shape index (κ1) is 17.8. The quantitative estimate of drug-likeness (QED) is 0.782. The molecular weight excluding hydrogens is 202 g/mol. The minimum atomic E-state index is -0.706. The molecule has 0 amide bonds. The number of hydrogen-bond donors (Lipinski definition) is 2. The third-order valence-electron chi connectivity index (χ3n) is 2.87. The molecule has 0 bridgehead atoms. The van der Waals surface area contributed by atoms with Gasteiger partial charge in [0.05, 0.1) is 6.42 Å². The summed E-state index contributed by atoms with van der Waals surface area (Å²) in [6.07, 6.45) is 5.77. The first-order valence-corrected chi connectivity index (χ1v) is 6.60. The van der Waals surface area contributed by atoms with Crippen LogP contribution in [0.4, 0.5) is 0 Å². The summed E-state index contributed by atoms with van der Waals surface area (Å²) in [5.41, 5.74) is 5.54. The summed E-state index contributed by atoms with van der Waals surface area (Å²) in [6, 6.07) is 0. The molecule has 1 rings (SSSR count). The summed E-state index contributed by atoms with van der Waals surface area (Å²) in [7, 11) is 0. The molecule has 0 unspecified atom stereocenters. The smallest absolute Gasteiger partial charge is 0.303 e. The molecule has 0 saturated heterocycles. The molecule has 0 spiro atoms. The van der Waals surface area contributed by atoms with E-state index in [0.29, 0.717) is 6.54 Å². The van der Waals surface area contributed by atoms with E-state index in [9.17, 15) is 4.79 Å². The fourth-order valence-electron chi connectivity index (χ4n) is 2.08. The van der Waals surface area contributed by atoms with Gasteiger partial charge in [-0.1, -0.05) is 47.0 Å². The van der Waals surface area contributed by atoms with E-state index >= 15 is 0 Å². The maximum atomic E-state index is 10.6. The van der Waals surface area contributed by atoms with Crippen molar-refractivity contribution in [3.63, 3.8) is 0 Å². The van der Waals surface area contributed by atoms with Crippen LogP contribution in [-0.2, 0) is 4.79 Å². The van der Waals surface area contributed by atoms with Crippen LogP contribution in [0.2, 0.25) is 0 Å². The van der Waals surface area contributed by atoms with Crippen LogP contribution in [0.15, 0.2) is 0 Å². The van der Waals surface area contributed by atoms with Crippen LogP contribution in [0.25, 0.3) is 0 Å². The van der Waals surface area contributed by atoms with Gasteiger partial charge in [-0.3, -0.25) is 4.79 Å². The highest BCUT2D eigenvalue weighted by Gasteiger charge is 2.32. The third kappa shape index (κ3) is 6.83. The van der Waals surface area contributed by atoms with E-state index in [1.54, 1.807) is 0 Å². The summed E-state index contributed by atoms with van der Waals surface area (Å²) in [5, 5.41) is 8.71. The molecular formula is C13H29NO2. The van der Waals surface area contributed by atoms with E-state index in [1.807, 2.05) is 27.7 Å². The fourth-order valence-corrected chi connectivity index (χ4v) is 2.08. The standard InChI is InChI=1S/C9H17NO2.2C2H6/c10-7-9(6-8(11)12)4-2-1-3-5-9;2*1-2/h1-7,10H2,(H,11,12);2*1-2H3. The Morgan fingerprint density at radius 3 is 1.88 bits per heavy atom. The zero-order chi connectivity index (χ0) is 13.0. The number of rotatable bonds is 3. The van der Waals surface area contributed by atoms with Gasteiger partial charge in [-0.05, 0) is 24.8 Å². The van der Waals surface area contributed by atoms with Crippen LogP contribution in [-0.4, -0.2) is 17.6 Å². The van der Waals surface area contributed by atoms with Crippen molar-refractivity contribution in [1.82, 2.24) is 0 Å². The Kier molecular flexibility index (Phi) is 12.2. The molecule has 1 fully saturated rings. The van der Waals surface area contributed by atoms with Gasteiger partial charge in [-0.15, -0.1) is 0 Å². The molecule has 0 radical (unpaired) electrons. The maximum Gasteiger partial charge on any atom is 0.303 e. The summed E-state index contributed by atoms with van der Waals surface area (Å²) in [6.45, 7) is 8.53. The van der Waals surface area contributed by atoms with E-state index in [2.05, 4.69) is 0 Å². The molecule has 3 nitrogen and oxygen atoms in total. The van der Waals surface area contributed by atoms with Crippen LogP contribution >= 0.6 is 0 Å². The van der Waals surface area contributed by atoms with Crippen molar-refractivity contribution in [2.24, 2.45) is 11.1 Å². The lowest BCUT2D eigenvalue weighted by Gasteiger charge is -2.34. The Labute approximate surface area is 100 Å². The molecule has 1 aliphatic carbocycles. The minimum Gasteiger partial charge on any atom is -0.481 e. The van der Waals surface area contributed by atoms with Gasteiger partial charge in [-0.2, -0.15) is 0 Å². The lowest BCUT2D eigenvalue weighted by atomic mass is 9.72. The van der Waals surface area contributed by atoms with Crippen molar-refractivity contribution in [3.05, 3.63) is 0 Å². The van der Waals surface area contributed by atoms with Crippen LogP contribution in [0.1, 0.15) is 66.2 Å². The van der Waals surface area contributed by atoms with Gasteiger partial charge < -0.3 is 10.8 Å². The second kappa shape index (κ2) is 10.9. The van der Waals surface area contributed by atoms with E-state index in [4.69, 9.17) is 10.8 Å². The van der Waals surface area contributed by atoms with E-state index < -0.39 is 5.97 Å². The third-order valence-corrected chi connectivity index (χ3v) is 2.87. The SMILES string of the molecule is CC.CC.NCC1(CC(=O)O)CCCCC1. The zero-order valence-electron chi connectivity index (χ0n) is 11.4. The summed E-state index contributed by atoms with van der Waals surface area (Å²) in [4.78, 5) is 10.6. The van der Waals surface area contributed by atoms with Crippen molar-refractivity contribution in [1.29, 1.82) is 0 Å². The average Bonchev–Trinajstić information content (AvgIpc) is 2.34. The van der Waals surface area contributed by atoms with E-state index in [0.717, 1.165) is 25.7 Å². The van der Waals surface area contributed by atoms with Gasteiger partial charge in [0.15, 0.2) is 0 Å². The molecule has 98 valence electrons. The lowest BCUT2D eigenvalue weighted by Crippen LogP contribution is -2.34. The first-order valence-electron chi connectivity index (χ1n) is 6.60. The van der Waals surface area contributed by atoms with Crippen molar-refractivity contribution in [2.45, 2.75) is 66.2 Å². The Balaban J connectivity index is 0. The zero-order valence-corrected chi connectivity index (χ0v) is 11.4.